The van der Waals surface area contributed by atoms with Gasteiger partial charge in [-0.05, 0) is 41.8 Å². The molecule has 0 saturated heterocycles. The lowest BCUT2D eigenvalue weighted by molar-refractivity contribution is 0.357. The molecule has 0 aromatic heterocycles. The number of rotatable bonds is 5. The van der Waals surface area contributed by atoms with Crippen LogP contribution in [0.1, 0.15) is 16.7 Å². The zero-order valence-electron chi connectivity index (χ0n) is 14.1. The second-order valence-corrected chi connectivity index (χ2v) is 5.88. The fourth-order valence-electron chi connectivity index (χ4n) is 2.80. The highest BCUT2D eigenvalue weighted by atomic mass is 19.1. The highest BCUT2D eigenvalue weighted by Crippen LogP contribution is 2.25. The van der Waals surface area contributed by atoms with E-state index in [-0.39, 0.29) is 12.1 Å². The summed E-state index contributed by atoms with van der Waals surface area (Å²) in [6, 6.07) is 9.65. The molecule has 0 spiro atoms. The lowest BCUT2D eigenvalue weighted by Crippen LogP contribution is -2.38. The van der Waals surface area contributed by atoms with Crippen LogP contribution in [0.15, 0.2) is 41.4 Å². The van der Waals surface area contributed by atoms with Gasteiger partial charge in [-0.25, -0.2) is 8.78 Å². The van der Waals surface area contributed by atoms with Crippen molar-refractivity contribution >= 4 is 5.96 Å². The molecule has 0 bridgehead atoms. The number of guanidine groups is 1. The average molecular weight is 345 g/mol. The maximum atomic E-state index is 13.6. The second kappa shape index (κ2) is 7.96. The molecule has 0 amide bonds. The normalized spacial score (nSPS) is 13.3. The van der Waals surface area contributed by atoms with E-state index in [4.69, 9.17) is 4.74 Å². The van der Waals surface area contributed by atoms with Crippen molar-refractivity contribution in [2.24, 2.45) is 4.99 Å². The van der Waals surface area contributed by atoms with Crippen LogP contribution in [0.2, 0.25) is 0 Å². The van der Waals surface area contributed by atoms with Gasteiger partial charge in [0.05, 0.1) is 6.61 Å². The quantitative estimate of drug-likeness (QED) is 0.647. The molecule has 3 rings (SSSR count). The molecule has 0 aliphatic carbocycles. The van der Waals surface area contributed by atoms with E-state index in [0.29, 0.717) is 12.5 Å². The third kappa shape index (κ3) is 4.47. The van der Waals surface area contributed by atoms with Crippen LogP contribution in [0.5, 0.6) is 5.75 Å². The summed E-state index contributed by atoms with van der Waals surface area (Å²) in [7, 11) is 1.64. The Labute approximate surface area is 145 Å². The van der Waals surface area contributed by atoms with Crippen molar-refractivity contribution in [3.8, 4) is 5.75 Å². The molecule has 6 heteroatoms. The van der Waals surface area contributed by atoms with Crippen molar-refractivity contribution < 1.29 is 13.5 Å². The number of fused-ring (bicyclic) bond motifs is 1. The van der Waals surface area contributed by atoms with Gasteiger partial charge in [-0.2, -0.15) is 0 Å². The molecule has 1 aliphatic rings. The summed E-state index contributed by atoms with van der Waals surface area (Å²) in [5.41, 5.74) is 2.74. The number of nitrogens with one attached hydrogen (secondary N) is 2. The molecule has 0 radical (unpaired) electrons. The molecule has 1 heterocycles. The number of hydrogen-bond acceptors (Lipinski definition) is 2. The maximum Gasteiger partial charge on any atom is 0.191 e. The van der Waals surface area contributed by atoms with E-state index in [1.807, 2.05) is 6.07 Å². The monoisotopic (exact) mass is 345 g/mol. The topological polar surface area (TPSA) is 45.7 Å². The van der Waals surface area contributed by atoms with E-state index in [1.54, 1.807) is 7.05 Å². The Morgan fingerprint density at radius 3 is 2.88 bits per heavy atom. The van der Waals surface area contributed by atoms with Gasteiger partial charge in [0, 0.05) is 32.1 Å². The van der Waals surface area contributed by atoms with Gasteiger partial charge in [-0.1, -0.05) is 12.1 Å². The first-order chi connectivity index (χ1) is 12.2. The van der Waals surface area contributed by atoms with Gasteiger partial charge in [0.1, 0.15) is 17.4 Å². The van der Waals surface area contributed by atoms with Gasteiger partial charge in [-0.3, -0.25) is 4.99 Å². The van der Waals surface area contributed by atoms with Crippen LogP contribution < -0.4 is 15.4 Å². The van der Waals surface area contributed by atoms with Crippen molar-refractivity contribution in [3.05, 3.63) is 64.7 Å². The zero-order chi connectivity index (χ0) is 17.6. The Bertz CT molecular complexity index is 777. The predicted octanol–water partition coefficient (Wildman–Crippen LogP) is 2.81. The van der Waals surface area contributed by atoms with E-state index >= 15 is 0 Å². The summed E-state index contributed by atoms with van der Waals surface area (Å²) < 4.78 is 32.3. The third-order valence-electron chi connectivity index (χ3n) is 4.14. The minimum absolute atomic E-state index is 0.166. The molecule has 4 nitrogen and oxygen atoms in total. The molecule has 25 heavy (non-hydrogen) atoms. The Hall–Kier alpha value is -2.63. The van der Waals surface area contributed by atoms with Crippen LogP contribution in [0, 0.1) is 11.6 Å². The van der Waals surface area contributed by atoms with Gasteiger partial charge in [0.15, 0.2) is 5.96 Å². The molecule has 0 saturated carbocycles. The third-order valence-corrected chi connectivity index (χ3v) is 4.14. The van der Waals surface area contributed by atoms with E-state index in [9.17, 15) is 8.78 Å². The number of aliphatic imine (C=N–C) groups is 1. The minimum Gasteiger partial charge on any atom is -0.493 e. The second-order valence-electron chi connectivity index (χ2n) is 5.88. The minimum atomic E-state index is -0.457. The van der Waals surface area contributed by atoms with Crippen molar-refractivity contribution in [2.45, 2.75) is 19.4 Å². The summed E-state index contributed by atoms with van der Waals surface area (Å²) in [6.07, 6.45) is 1.79. The number of halogens is 2. The lowest BCUT2D eigenvalue weighted by atomic mass is 10.1. The first-order valence-electron chi connectivity index (χ1n) is 8.29. The Morgan fingerprint density at radius 2 is 2.04 bits per heavy atom. The molecule has 1 aliphatic heterocycles. The maximum absolute atomic E-state index is 13.6. The number of nitrogens with zero attached hydrogens (tertiary/aromatic N) is 1. The summed E-state index contributed by atoms with van der Waals surface area (Å²) >= 11 is 0. The van der Waals surface area contributed by atoms with Gasteiger partial charge in [-0.15, -0.1) is 0 Å². The van der Waals surface area contributed by atoms with Crippen molar-refractivity contribution in [2.75, 3.05) is 20.2 Å². The van der Waals surface area contributed by atoms with Crippen LogP contribution in [-0.4, -0.2) is 26.2 Å². The van der Waals surface area contributed by atoms with Gasteiger partial charge in [0.2, 0.25) is 0 Å². The molecule has 2 aromatic rings. The first kappa shape index (κ1) is 17.2. The molecular formula is C19H21F2N3O. The molecule has 132 valence electrons. The van der Waals surface area contributed by atoms with E-state index in [1.165, 1.54) is 17.2 Å². The average Bonchev–Trinajstić information content (AvgIpc) is 3.08. The summed E-state index contributed by atoms with van der Waals surface area (Å²) in [5.74, 6) is 0.630. The Kier molecular flexibility index (Phi) is 5.48. The van der Waals surface area contributed by atoms with E-state index in [2.05, 4.69) is 27.8 Å². The summed E-state index contributed by atoms with van der Waals surface area (Å²) in [6.45, 7) is 1.61. The van der Waals surface area contributed by atoms with Crippen LogP contribution in [-0.2, 0) is 19.4 Å². The fourth-order valence-corrected chi connectivity index (χ4v) is 2.80. The number of hydrogen-bond donors (Lipinski definition) is 2. The predicted molar refractivity (Wildman–Crippen MR) is 93.9 cm³/mol. The molecule has 0 unspecified atom stereocenters. The highest BCUT2D eigenvalue weighted by molar-refractivity contribution is 5.79. The molecule has 0 atom stereocenters. The lowest BCUT2D eigenvalue weighted by Gasteiger charge is -2.12. The van der Waals surface area contributed by atoms with Crippen molar-refractivity contribution in [3.63, 3.8) is 0 Å². The largest absolute Gasteiger partial charge is 0.493 e. The van der Waals surface area contributed by atoms with Crippen LogP contribution >= 0.6 is 0 Å². The highest BCUT2D eigenvalue weighted by Gasteiger charge is 2.12. The fraction of sp³-hybridized carbons (Fsp3) is 0.316. The van der Waals surface area contributed by atoms with Crippen molar-refractivity contribution in [1.29, 1.82) is 0 Å². The first-order valence-corrected chi connectivity index (χ1v) is 8.29. The standard InChI is InChI=1S/C19H21F2N3O/c1-22-19(24-12-15-11-16(20)3-4-17(15)21)23-8-6-13-2-5-18-14(10-13)7-9-25-18/h2-5,10-11H,6-9,12H2,1H3,(H2,22,23,24). The summed E-state index contributed by atoms with van der Waals surface area (Å²) in [5, 5.41) is 6.18. The zero-order valence-corrected chi connectivity index (χ0v) is 14.1. The van der Waals surface area contributed by atoms with E-state index in [0.717, 1.165) is 37.3 Å². The van der Waals surface area contributed by atoms with Gasteiger partial charge in [0.25, 0.3) is 0 Å². The van der Waals surface area contributed by atoms with Gasteiger partial charge < -0.3 is 15.4 Å². The van der Waals surface area contributed by atoms with E-state index < -0.39 is 11.6 Å². The van der Waals surface area contributed by atoms with Gasteiger partial charge >= 0.3 is 0 Å². The molecule has 2 N–H and O–H groups in total. The number of benzene rings is 2. The Morgan fingerprint density at radius 1 is 1.16 bits per heavy atom. The van der Waals surface area contributed by atoms with Crippen LogP contribution in [0.25, 0.3) is 0 Å². The van der Waals surface area contributed by atoms with Crippen LogP contribution in [0.3, 0.4) is 0 Å². The summed E-state index contributed by atoms with van der Waals surface area (Å²) in [4.78, 5) is 4.10. The molecule has 2 aromatic carbocycles. The smallest absolute Gasteiger partial charge is 0.191 e. The number of ether oxygens (including phenoxy) is 1. The van der Waals surface area contributed by atoms with Crippen LogP contribution in [0.4, 0.5) is 8.78 Å². The molecular weight excluding hydrogens is 324 g/mol. The Balaban J connectivity index is 1.49. The molecule has 0 fully saturated rings. The SMILES string of the molecule is CN=C(NCCc1ccc2c(c1)CCO2)NCc1cc(F)ccc1F. The van der Waals surface area contributed by atoms with Crippen molar-refractivity contribution in [1.82, 2.24) is 10.6 Å².